The number of ether oxygens (including phenoxy) is 2. The Morgan fingerprint density at radius 3 is 2.24 bits per heavy atom. The molecule has 0 aliphatic carbocycles. The molecule has 1 atom stereocenters. The van der Waals surface area contributed by atoms with Gasteiger partial charge < -0.3 is 13.9 Å². The Kier molecular flexibility index (Phi) is 9.32. The zero-order chi connectivity index (χ0) is 24.5. The van der Waals surface area contributed by atoms with Gasteiger partial charge in [-0.25, -0.2) is 4.79 Å². The van der Waals surface area contributed by atoms with Crippen LogP contribution in [-0.4, -0.2) is 20.0 Å². The summed E-state index contributed by atoms with van der Waals surface area (Å²) in [5, 5.41) is 0.551. The molecule has 182 valence electrons. The third kappa shape index (κ3) is 6.07. The zero-order valence-corrected chi connectivity index (χ0v) is 20.8. The van der Waals surface area contributed by atoms with E-state index in [1.807, 2.05) is 24.3 Å². The summed E-state index contributed by atoms with van der Waals surface area (Å²) in [6.07, 6.45) is 9.71. The predicted octanol–water partition coefficient (Wildman–Crippen LogP) is 7.29. The molecule has 3 aromatic rings. The largest absolute Gasteiger partial charge is 0.496 e. The summed E-state index contributed by atoms with van der Waals surface area (Å²) >= 11 is 0. The molecule has 0 amide bonds. The fourth-order valence-electron chi connectivity index (χ4n) is 4.41. The first-order chi connectivity index (χ1) is 16.5. The fraction of sp³-hybridized carbons (Fsp3) is 0.448. The van der Waals surface area contributed by atoms with Crippen LogP contribution in [0.4, 0.5) is 0 Å². The first-order valence-corrected chi connectivity index (χ1v) is 12.4. The number of ketones is 1. The van der Waals surface area contributed by atoms with Crippen LogP contribution in [0.2, 0.25) is 0 Å². The molecule has 0 saturated heterocycles. The summed E-state index contributed by atoms with van der Waals surface area (Å²) in [4.78, 5) is 25.8. The molecule has 2 aromatic carbocycles. The molecule has 0 spiro atoms. The van der Waals surface area contributed by atoms with Gasteiger partial charge in [-0.05, 0) is 30.4 Å². The van der Waals surface area contributed by atoms with Crippen LogP contribution in [0.5, 0.6) is 11.5 Å². The van der Waals surface area contributed by atoms with Gasteiger partial charge in [0.25, 0.3) is 0 Å². The highest BCUT2D eigenvalue weighted by Crippen LogP contribution is 2.32. The topological polar surface area (TPSA) is 65.7 Å². The summed E-state index contributed by atoms with van der Waals surface area (Å²) in [5.74, 6) is 1.14. The molecule has 34 heavy (non-hydrogen) atoms. The van der Waals surface area contributed by atoms with Crippen molar-refractivity contribution in [2.75, 3.05) is 14.2 Å². The third-order valence-electron chi connectivity index (χ3n) is 6.45. The maximum Gasteiger partial charge on any atom is 0.347 e. The molecule has 3 rings (SSSR count). The first kappa shape index (κ1) is 25.5. The van der Waals surface area contributed by atoms with Gasteiger partial charge >= 0.3 is 5.63 Å². The van der Waals surface area contributed by atoms with Crippen molar-refractivity contribution in [2.45, 2.75) is 71.1 Å². The van der Waals surface area contributed by atoms with E-state index in [4.69, 9.17) is 13.9 Å². The number of rotatable bonds is 13. The van der Waals surface area contributed by atoms with Crippen LogP contribution in [0.25, 0.3) is 11.0 Å². The molecule has 0 fully saturated rings. The van der Waals surface area contributed by atoms with Crippen molar-refractivity contribution in [3.63, 3.8) is 0 Å². The van der Waals surface area contributed by atoms with Crippen molar-refractivity contribution >= 4 is 16.8 Å². The molecule has 0 bridgehead atoms. The summed E-state index contributed by atoms with van der Waals surface area (Å²) in [6, 6.07) is 12.6. The Morgan fingerprint density at radius 2 is 1.59 bits per heavy atom. The molecule has 0 aliphatic heterocycles. The van der Waals surface area contributed by atoms with Crippen molar-refractivity contribution < 1.29 is 18.7 Å². The van der Waals surface area contributed by atoms with Gasteiger partial charge in [0.1, 0.15) is 22.6 Å². The van der Waals surface area contributed by atoms with Crippen LogP contribution >= 0.6 is 0 Å². The number of benzene rings is 2. The lowest BCUT2D eigenvalue weighted by molar-refractivity contribution is 0.103. The monoisotopic (exact) mass is 464 g/mol. The lowest BCUT2D eigenvalue weighted by atomic mass is 9.88. The summed E-state index contributed by atoms with van der Waals surface area (Å²) < 4.78 is 16.1. The van der Waals surface area contributed by atoms with Crippen LogP contribution in [0.1, 0.15) is 92.6 Å². The van der Waals surface area contributed by atoms with Crippen molar-refractivity contribution in [1.82, 2.24) is 0 Å². The Morgan fingerprint density at radius 1 is 0.882 bits per heavy atom. The van der Waals surface area contributed by atoms with Gasteiger partial charge in [-0.2, -0.15) is 0 Å². The Labute approximate surface area is 202 Å². The van der Waals surface area contributed by atoms with E-state index in [9.17, 15) is 9.59 Å². The minimum atomic E-state index is -0.673. The quantitative estimate of drug-likeness (QED) is 0.151. The van der Waals surface area contributed by atoms with Gasteiger partial charge in [-0.1, -0.05) is 76.6 Å². The van der Waals surface area contributed by atoms with Crippen LogP contribution in [0, 0.1) is 0 Å². The molecular weight excluding hydrogens is 428 g/mol. The van der Waals surface area contributed by atoms with E-state index in [1.54, 1.807) is 18.2 Å². The SMILES string of the molecule is CCCCCCC(CCCC)c1ccc(C(=O)c2cc3c(OC)cc(OC)cc3oc2=O)cc1. The lowest BCUT2D eigenvalue weighted by Crippen LogP contribution is -2.15. The number of carbonyl (C=O) groups is 1. The molecular formula is C29H36O5. The predicted molar refractivity (Wildman–Crippen MR) is 136 cm³/mol. The van der Waals surface area contributed by atoms with E-state index in [0.717, 1.165) is 6.42 Å². The van der Waals surface area contributed by atoms with Gasteiger partial charge in [0.15, 0.2) is 5.78 Å². The average molecular weight is 465 g/mol. The van der Waals surface area contributed by atoms with Crippen LogP contribution in [-0.2, 0) is 0 Å². The summed E-state index contributed by atoms with van der Waals surface area (Å²) in [5.41, 5.74) is 1.37. The molecule has 5 nitrogen and oxygen atoms in total. The highest BCUT2D eigenvalue weighted by atomic mass is 16.5. The van der Waals surface area contributed by atoms with E-state index in [-0.39, 0.29) is 11.3 Å². The number of fused-ring (bicyclic) bond motifs is 1. The zero-order valence-electron chi connectivity index (χ0n) is 20.8. The molecule has 1 unspecified atom stereocenters. The number of unbranched alkanes of at least 4 members (excludes halogenated alkanes) is 4. The van der Waals surface area contributed by atoms with Crippen molar-refractivity contribution in [3.8, 4) is 11.5 Å². The molecule has 0 N–H and O–H groups in total. The Hall–Kier alpha value is -3.08. The van der Waals surface area contributed by atoms with E-state index >= 15 is 0 Å². The number of hydrogen-bond acceptors (Lipinski definition) is 5. The van der Waals surface area contributed by atoms with Crippen molar-refractivity contribution in [1.29, 1.82) is 0 Å². The third-order valence-corrected chi connectivity index (χ3v) is 6.45. The normalized spacial score (nSPS) is 12.0. The highest BCUT2D eigenvalue weighted by Gasteiger charge is 2.19. The highest BCUT2D eigenvalue weighted by molar-refractivity contribution is 6.10. The first-order valence-electron chi connectivity index (χ1n) is 12.4. The summed E-state index contributed by atoms with van der Waals surface area (Å²) in [7, 11) is 3.05. The maximum absolute atomic E-state index is 13.2. The fourth-order valence-corrected chi connectivity index (χ4v) is 4.41. The number of hydrogen-bond donors (Lipinski definition) is 0. The van der Waals surface area contributed by atoms with Gasteiger partial charge in [-0.15, -0.1) is 0 Å². The van der Waals surface area contributed by atoms with E-state index < -0.39 is 5.63 Å². The smallest absolute Gasteiger partial charge is 0.347 e. The maximum atomic E-state index is 13.2. The molecule has 5 heteroatoms. The molecule has 1 heterocycles. The standard InChI is InChI=1S/C29H36O5/c1-5-7-9-10-12-20(11-8-6-2)21-13-15-22(16-14-21)28(30)25-19-24-26(33-4)17-23(32-3)18-27(24)34-29(25)31/h13-20H,5-12H2,1-4H3. The van der Waals surface area contributed by atoms with Crippen LogP contribution in [0.3, 0.4) is 0 Å². The van der Waals surface area contributed by atoms with E-state index in [2.05, 4.69) is 13.8 Å². The molecule has 0 radical (unpaired) electrons. The van der Waals surface area contributed by atoms with Gasteiger partial charge in [0.2, 0.25) is 0 Å². The van der Waals surface area contributed by atoms with Gasteiger partial charge in [0, 0.05) is 17.7 Å². The van der Waals surface area contributed by atoms with Crippen molar-refractivity contribution in [2.24, 2.45) is 0 Å². The minimum absolute atomic E-state index is 0.00850. The lowest BCUT2D eigenvalue weighted by Gasteiger charge is -2.17. The second-order valence-electron chi connectivity index (χ2n) is 8.83. The van der Waals surface area contributed by atoms with E-state index in [1.165, 1.54) is 64.7 Å². The summed E-state index contributed by atoms with van der Waals surface area (Å²) in [6.45, 7) is 4.45. The van der Waals surface area contributed by atoms with Gasteiger partial charge in [0.05, 0.1) is 19.6 Å². The number of methoxy groups -OCH3 is 2. The second kappa shape index (κ2) is 12.4. The molecule has 0 aliphatic rings. The van der Waals surface area contributed by atoms with E-state index in [0.29, 0.717) is 33.9 Å². The Balaban J connectivity index is 1.86. The van der Waals surface area contributed by atoms with Crippen molar-refractivity contribution in [3.05, 3.63) is 69.6 Å². The molecule has 0 saturated carbocycles. The van der Waals surface area contributed by atoms with Crippen LogP contribution in [0.15, 0.2) is 51.7 Å². The number of carbonyl (C=O) groups excluding carboxylic acids is 1. The average Bonchev–Trinajstić information content (AvgIpc) is 2.86. The molecule has 1 aromatic heterocycles. The Bertz CT molecular complexity index is 1140. The van der Waals surface area contributed by atoms with Gasteiger partial charge in [-0.3, -0.25) is 4.79 Å². The second-order valence-corrected chi connectivity index (χ2v) is 8.83. The van der Waals surface area contributed by atoms with Crippen LogP contribution < -0.4 is 15.1 Å². The minimum Gasteiger partial charge on any atom is -0.496 e.